The molecule has 0 heterocycles. The van der Waals surface area contributed by atoms with E-state index in [0.29, 0.717) is 3.92 Å². The van der Waals surface area contributed by atoms with E-state index in [2.05, 4.69) is 33.6 Å². The number of alkyl halides is 1. The third kappa shape index (κ3) is 1.54. The molecule has 1 aliphatic carbocycles. The molecule has 0 spiro atoms. The van der Waals surface area contributed by atoms with Crippen LogP contribution >= 0.6 is 22.6 Å². The Morgan fingerprint density at radius 2 is 2.23 bits per heavy atom. The lowest BCUT2D eigenvalue weighted by Gasteiger charge is -2.06. The van der Waals surface area contributed by atoms with Gasteiger partial charge in [0, 0.05) is 3.92 Å². The smallest absolute Gasteiger partial charge is 0.211 e. The number of carbonyl (C=O) groups excluding carboxylic acids is 1. The summed E-state index contributed by atoms with van der Waals surface area (Å²) in [7, 11) is 0. The second-order valence-electron chi connectivity index (χ2n) is 3.08. The quantitative estimate of drug-likeness (QED) is 0.337. The average molecular weight is 285 g/mol. The van der Waals surface area contributed by atoms with E-state index < -0.39 is 0 Å². The number of hydrogen-bond donors (Lipinski definition) is 0. The van der Waals surface area contributed by atoms with Crippen LogP contribution in [0.25, 0.3) is 0 Å². The van der Waals surface area contributed by atoms with E-state index in [1.165, 1.54) is 11.1 Å². The highest BCUT2D eigenvalue weighted by Gasteiger charge is 2.29. The van der Waals surface area contributed by atoms with Gasteiger partial charge in [-0.2, -0.15) is 4.99 Å². The fraction of sp³-hybridized carbons (Fsp3) is 0.300. The van der Waals surface area contributed by atoms with E-state index in [9.17, 15) is 4.79 Å². The molecule has 3 heteroatoms. The molecule has 0 saturated heterocycles. The van der Waals surface area contributed by atoms with Gasteiger partial charge < -0.3 is 0 Å². The largest absolute Gasteiger partial charge is 0.235 e. The van der Waals surface area contributed by atoms with E-state index >= 15 is 0 Å². The van der Waals surface area contributed by atoms with Crippen molar-refractivity contribution < 1.29 is 4.79 Å². The molecule has 0 N–H and O–H groups in total. The van der Waals surface area contributed by atoms with E-state index in [4.69, 9.17) is 0 Å². The van der Waals surface area contributed by atoms with Crippen LogP contribution in [0.15, 0.2) is 29.3 Å². The topological polar surface area (TPSA) is 29.4 Å². The van der Waals surface area contributed by atoms with Crippen LogP contribution in [0.3, 0.4) is 0 Å². The van der Waals surface area contributed by atoms with Crippen molar-refractivity contribution in [3.63, 3.8) is 0 Å². The lowest BCUT2D eigenvalue weighted by molar-refractivity contribution is 0.558. The highest BCUT2D eigenvalue weighted by atomic mass is 127. The summed E-state index contributed by atoms with van der Waals surface area (Å²) in [6, 6.07) is 8.17. The van der Waals surface area contributed by atoms with Crippen LogP contribution in [0.1, 0.15) is 17.2 Å². The summed E-state index contributed by atoms with van der Waals surface area (Å²) < 4.78 is 0.399. The van der Waals surface area contributed by atoms with Crippen LogP contribution in [-0.4, -0.2) is 10.0 Å². The van der Waals surface area contributed by atoms with Crippen LogP contribution in [0.2, 0.25) is 0 Å². The molecule has 13 heavy (non-hydrogen) atoms. The lowest BCUT2D eigenvalue weighted by atomic mass is 10.1. The predicted octanol–water partition coefficient (Wildman–Crippen LogP) is 2.42. The van der Waals surface area contributed by atoms with Crippen LogP contribution in [0.4, 0.5) is 0 Å². The third-order valence-corrected chi connectivity index (χ3v) is 3.44. The Balaban J connectivity index is 2.46. The van der Waals surface area contributed by atoms with Crippen molar-refractivity contribution in [3.8, 4) is 0 Å². The maximum Gasteiger partial charge on any atom is 0.235 e. The summed E-state index contributed by atoms with van der Waals surface area (Å²) in [5.74, 6) is 0. The van der Waals surface area contributed by atoms with Gasteiger partial charge in [0.05, 0.1) is 6.04 Å². The zero-order valence-electron chi connectivity index (χ0n) is 6.90. The Morgan fingerprint density at radius 3 is 3.00 bits per heavy atom. The predicted molar refractivity (Wildman–Crippen MR) is 58.8 cm³/mol. The van der Waals surface area contributed by atoms with Crippen LogP contribution in [0.5, 0.6) is 0 Å². The summed E-state index contributed by atoms with van der Waals surface area (Å²) >= 11 is 2.34. The second kappa shape index (κ2) is 3.60. The van der Waals surface area contributed by atoms with Gasteiger partial charge in [-0.1, -0.05) is 46.9 Å². The van der Waals surface area contributed by atoms with Crippen LogP contribution < -0.4 is 0 Å². The van der Waals surface area contributed by atoms with E-state index in [1.807, 2.05) is 18.2 Å². The van der Waals surface area contributed by atoms with Gasteiger partial charge in [-0.15, -0.1) is 0 Å². The monoisotopic (exact) mass is 285 g/mol. The molecule has 2 nitrogen and oxygen atoms in total. The summed E-state index contributed by atoms with van der Waals surface area (Å²) in [6.45, 7) is 0. The number of rotatable bonds is 1. The molecule has 0 amide bonds. The normalized spacial score (nSPS) is 25.0. The molecule has 2 atom stereocenters. The molecule has 0 aliphatic heterocycles. The second-order valence-corrected chi connectivity index (χ2v) is 4.68. The van der Waals surface area contributed by atoms with E-state index in [0.717, 1.165) is 6.42 Å². The number of isocyanates is 1. The lowest BCUT2D eigenvalue weighted by Crippen LogP contribution is -2.02. The molecular weight excluding hydrogens is 277 g/mol. The van der Waals surface area contributed by atoms with Crippen molar-refractivity contribution in [2.75, 3.05) is 0 Å². The zero-order chi connectivity index (χ0) is 9.26. The molecule has 0 unspecified atom stereocenters. The van der Waals surface area contributed by atoms with Crippen molar-refractivity contribution in [2.45, 2.75) is 16.4 Å². The van der Waals surface area contributed by atoms with Gasteiger partial charge >= 0.3 is 0 Å². The summed E-state index contributed by atoms with van der Waals surface area (Å²) in [4.78, 5) is 14.1. The van der Waals surface area contributed by atoms with Crippen LogP contribution in [-0.2, 0) is 11.2 Å². The molecule has 0 saturated carbocycles. The SMILES string of the molecule is O=C=N[C@@H]1c2ccccc2C[C@H]1I. The summed E-state index contributed by atoms with van der Waals surface area (Å²) in [6.07, 6.45) is 2.66. The molecule has 0 fully saturated rings. The highest BCUT2D eigenvalue weighted by Crippen LogP contribution is 2.38. The van der Waals surface area contributed by atoms with Crippen molar-refractivity contribution in [2.24, 2.45) is 4.99 Å². The van der Waals surface area contributed by atoms with Gasteiger partial charge in [0.25, 0.3) is 0 Å². The number of halogens is 1. The Labute approximate surface area is 90.2 Å². The third-order valence-electron chi connectivity index (χ3n) is 2.32. The van der Waals surface area contributed by atoms with Crippen molar-refractivity contribution in [1.29, 1.82) is 0 Å². The van der Waals surface area contributed by atoms with Gasteiger partial charge in [-0.05, 0) is 17.5 Å². The first-order chi connectivity index (χ1) is 6.33. The molecular formula is C10H8INO. The van der Waals surface area contributed by atoms with E-state index in [1.54, 1.807) is 6.08 Å². The fourth-order valence-corrected chi connectivity index (χ4v) is 2.76. The Hall–Kier alpha value is -0.670. The van der Waals surface area contributed by atoms with Crippen molar-refractivity contribution in [3.05, 3.63) is 35.4 Å². The highest BCUT2D eigenvalue weighted by molar-refractivity contribution is 14.1. The molecule has 0 aromatic heterocycles. The molecule has 1 aliphatic rings. The first-order valence-electron chi connectivity index (χ1n) is 4.12. The maximum absolute atomic E-state index is 10.2. The first kappa shape index (κ1) is 8.91. The Bertz CT molecular complexity index is 371. The minimum atomic E-state index is 0.0225. The minimum absolute atomic E-state index is 0.0225. The van der Waals surface area contributed by atoms with Gasteiger partial charge in [0.1, 0.15) is 0 Å². The van der Waals surface area contributed by atoms with E-state index in [-0.39, 0.29) is 6.04 Å². The number of nitrogens with zero attached hydrogens (tertiary/aromatic N) is 1. The molecule has 2 rings (SSSR count). The molecule has 0 radical (unpaired) electrons. The first-order valence-corrected chi connectivity index (χ1v) is 5.36. The molecule has 1 aromatic rings. The maximum atomic E-state index is 10.2. The fourth-order valence-electron chi connectivity index (χ4n) is 1.73. The minimum Gasteiger partial charge on any atom is -0.211 e. The van der Waals surface area contributed by atoms with Gasteiger partial charge in [-0.3, -0.25) is 0 Å². The van der Waals surface area contributed by atoms with Crippen molar-refractivity contribution in [1.82, 2.24) is 0 Å². The summed E-state index contributed by atoms with van der Waals surface area (Å²) in [5, 5.41) is 0. The standard InChI is InChI=1S/C10H8INO/c11-9-5-7-3-1-2-4-8(7)10(9)12-6-13/h1-4,9-10H,5H2/t9-,10-/m1/s1. The Morgan fingerprint density at radius 1 is 1.46 bits per heavy atom. The molecule has 0 bridgehead atoms. The van der Waals surface area contributed by atoms with Crippen molar-refractivity contribution >= 4 is 28.7 Å². The van der Waals surface area contributed by atoms with Gasteiger partial charge in [0.2, 0.25) is 6.08 Å². The summed E-state index contributed by atoms with van der Waals surface area (Å²) in [5.41, 5.74) is 2.50. The van der Waals surface area contributed by atoms with Crippen LogP contribution in [0, 0.1) is 0 Å². The van der Waals surface area contributed by atoms with Gasteiger partial charge in [-0.25, -0.2) is 4.79 Å². The number of benzene rings is 1. The molecule has 1 aromatic carbocycles. The Kier molecular flexibility index (Phi) is 2.47. The number of hydrogen-bond acceptors (Lipinski definition) is 2. The van der Waals surface area contributed by atoms with Gasteiger partial charge in [0.15, 0.2) is 0 Å². The zero-order valence-corrected chi connectivity index (χ0v) is 9.06. The average Bonchev–Trinajstić information content (AvgIpc) is 2.44. The number of aliphatic imine (C=N–C) groups is 1. The molecule has 66 valence electrons. The number of fused-ring (bicyclic) bond motifs is 1.